The maximum Gasteiger partial charge on any atom is 0.237 e. The smallest absolute Gasteiger partial charge is 0.237 e. The van der Waals surface area contributed by atoms with Crippen LogP contribution in [0.4, 0.5) is 0 Å². The van der Waals surface area contributed by atoms with Gasteiger partial charge in [0.25, 0.3) is 0 Å². The molecule has 0 saturated carbocycles. The number of amides is 1. The molecule has 8 heteroatoms. The Morgan fingerprint density at radius 3 is 2.52 bits per heavy atom. The first kappa shape index (κ1) is 18.1. The lowest BCUT2D eigenvalue weighted by Crippen LogP contribution is -2.44. The molecular formula is C13H23N3O3S2. The van der Waals surface area contributed by atoms with Gasteiger partial charge in [0, 0.05) is 23.8 Å². The average Bonchev–Trinajstić information content (AvgIpc) is 2.74. The van der Waals surface area contributed by atoms with Crippen LogP contribution in [-0.4, -0.2) is 38.2 Å². The van der Waals surface area contributed by atoms with Crippen LogP contribution in [0.25, 0.3) is 0 Å². The van der Waals surface area contributed by atoms with E-state index in [0.717, 1.165) is 17.0 Å². The van der Waals surface area contributed by atoms with Gasteiger partial charge in [-0.15, -0.1) is 11.3 Å². The summed E-state index contributed by atoms with van der Waals surface area (Å²) in [6.07, 6.45) is 1.67. The van der Waals surface area contributed by atoms with Crippen LogP contribution < -0.4 is 10.0 Å². The van der Waals surface area contributed by atoms with Gasteiger partial charge >= 0.3 is 0 Å². The molecule has 1 aromatic heterocycles. The maximum absolute atomic E-state index is 11.7. The Bertz CT molecular complexity index is 588. The molecule has 0 radical (unpaired) electrons. The third-order valence-electron chi connectivity index (χ3n) is 2.74. The topological polar surface area (TPSA) is 88.2 Å². The van der Waals surface area contributed by atoms with Crippen molar-refractivity contribution in [2.45, 2.75) is 45.6 Å². The van der Waals surface area contributed by atoms with Gasteiger partial charge in [0.1, 0.15) is 0 Å². The number of hydrogen-bond acceptors (Lipinski definition) is 5. The van der Waals surface area contributed by atoms with Gasteiger partial charge in [-0.1, -0.05) is 20.8 Å². The van der Waals surface area contributed by atoms with Crippen molar-refractivity contribution >= 4 is 27.3 Å². The van der Waals surface area contributed by atoms with Gasteiger partial charge in [0.15, 0.2) is 0 Å². The molecule has 21 heavy (non-hydrogen) atoms. The zero-order valence-corrected chi connectivity index (χ0v) is 14.7. The van der Waals surface area contributed by atoms with Crippen LogP contribution in [0.15, 0.2) is 5.38 Å². The van der Waals surface area contributed by atoms with Crippen LogP contribution in [0.2, 0.25) is 0 Å². The predicted octanol–water partition coefficient (Wildman–Crippen LogP) is 1.04. The van der Waals surface area contributed by atoms with Crippen LogP contribution in [0, 0.1) is 0 Å². The van der Waals surface area contributed by atoms with Crippen LogP contribution in [0.5, 0.6) is 0 Å². The molecule has 1 amide bonds. The Morgan fingerprint density at radius 1 is 1.43 bits per heavy atom. The maximum atomic E-state index is 11.7. The van der Waals surface area contributed by atoms with Gasteiger partial charge < -0.3 is 5.32 Å². The molecule has 6 nitrogen and oxygen atoms in total. The molecule has 1 heterocycles. The van der Waals surface area contributed by atoms with Crippen molar-refractivity contribution in [3.05, 3.63) is 16.1 Å². The van der Waals surface area contributed by atoms with Gasteiger partial charge in [-0.3, -0.25) is 4.79 Å². The second-order valence-electron chi connectivity index (χ2n) is 6.03. The number of thiazole rings is 1. The number of carbonyl (C=O) groups excluding carboxylic acids is 1. The van der Waals surface area contributed by atoms with Crippen molar-refractivity contribution < 1.29 is 13.2 Å². The molecule has 0 aliphatic carbocycles. The van der Waals surface area contributed by atoms with E-state index >= 15 is 0 Å². The van der Waals surface area contributed by atoms with Crippen molar-refractivity contribution in [3.63, 3.8) is 0 Å². The highest BCUT2D eigenvalue weighted by Crippen LogP contribution is 2.23. The monoisotopic (exact) mass is 333 g/mol. The van der Waals surface area contributed by atoms with E-state index in [2.05, 4.69) is 35.8 Å². The lowest BCUT2D eigenvalue weighted by molar-refractivity contribution is -0.122. The third kappa shape index (κ3) is 6.54. The zero-order chi connectivity index (χ0) is 16.3. The summed E-state index contributed by atoms with van der Waals surface area (Å²) < 4.78 is 24.3. The molecular weight excluding hydrogens is 310 g/mol. The van der Waals surface area contributed by atoms with Crippen LogP contribution in [0.1, 0.15) is 38.4 Å². The van der Waals surface area contributed by atoms with Crippen LogP contribution >= 0.6 is 11.3 Å². The average molecular weight is 333 g/mol. The normalized spacial score (nSPS) is 14.0. The molecule has 0 aromatic carbocycles. The van der Waals surface area contributed by atoms with E-state index in [1.165, 1.54) is 6.92 Å². The number of carbonyl (C=O) groups is 1. The fraction of sp³-hybridized carbons (Fsp3) is 0.692. The first-order valence-electron chi connectivity index (χ1n) is 6.69. The summed E-state index contributed by atoms with van der Waals surface area (Å²) in [5.41, 5.74) is 1.06. The minimum atomic E-state index is -3.38. The lowest BCUT2D eigenvalue weighted by atomic mass is 9.93. The van der Waals surface area contributed by atoms with Crippen molar-refractivity contribution in [1.82, 2.24) is 15.0 Å². The molecule has 0 aliphatic rings. The predicted molar refractivity (Wildman–Crippen MR) is 85.0 cm³/mol. The summed E-state index contributed by atoms with van der Waals surface area (Å²) in [6, 6.07) is -0.776. The second-order valence-corrected chi connectivity index (χ2v) is 8.75. The Kier molecular flexibility index (Phi) is 5.89. The number of rotatable bonds is 6. The Morgan fingerprint density at radius 2 is 2.05 bits per heavy atom. The van der Waals surface area contributed by atoms with Crippen LogP contribution in [-0.2, 0) is 26.7 Å². The van der Waals surface area contributed by atoms with Gasteiger partial charge in [0.05, 0.1) is 23.0 Å². The Balaban J connectivity index is 2.43. The number of sulfonamides is 1. The largest absolute Gasteiger partial charge is 0.354 e. The van der Waals surface area contributed by atoms with Crippen molar-refractivity contribution in [2.24, 2.45) is 0 Å². The minimum Gasteiger partial charge on any atom is -0.354 e. The summed E-state index contributed by atoms with van der Waals surface area (Å²) in [4.78, 5) is 16.3. The van der Waals surface area contributed by atoms with Crippen molar-refractivity contribution in [1.29, 1.82) is 0 Å². The third-order valence-corrected chi connectivity index (χ3v) is 4.43. The van der Waals surface area contributed by atoms with Gasteiger partial charge in [-0.2, -0.15) is 0 Å². The first-order valence-corrected chi connectivity index (χ1v) is 9.46. The number of nitrogens with one attached hydrogen (secondary N) is 2. The van der Waals surface area contributed by atoms with E-state index in [4.69, 9.17) is 0 Å². The fourth-order valence-electron chi connectivity index (χ4n) is 1.59. The molecule has 0 saturated heterocycles. The highest BCUT2D eigenvalue weighted by atomic mass is 32.2. The summed E-state index contributed by atoms with van der Waals surface area (Å²) in [7, 11) is -3.38. The van der Waals surface area contributed by atoms with E-state index in [9.17, 15) is 13.2 Å². The summed E-state index contributed by atoms with van der Waals surface area (Å²) >= 11 is 1.57. The molecule has 0 bridgehead atoms. The Labute approximate surface area is 130 Å². The second kappa shape index (κ2) is 6.85. The van der Waals surface area contributed by atoms with E-state index in [1.54, 1.807) is 11.3 Å². The van der Waals surface area contributed by atoms with Crippen molar-refractivity contribution in [2.75, 3.05) is 12.8 Å². The number of nitrogens with zero attached hydrogens (tertiary/aromatic N) is 1. The Hall–Kier alpha value is -0.990. The van der Waals surface area contributed by atoms with Gasteiger partial charge in [-0.25, -0.2) is 18.1 Å². The fourth-order valence-corrected chi connectivity index (χ4v) is 3.36. The molecule has 1 rings (SSSR count). The van der Waals surface area contributed by atoms with Crippen LogP contribution in [0.3, 0.4) is 0 Å². The summed E-state index contributed by atoms with van der Waals surface area (Å²) in [6.45, 7) is 8.26. The molecule has 2 N–H and O–H groups in total. The summed E-state index contributed by atoms with van der Waals surface area (Å²) in [5.74, 6) is -0.340. The standard InChI is InChI=1S/C13H23N3O3S2/c1-9(16-21(5,18)19)12(17)14-7-6-11-15-10(8-20-11)13(2,3)4/h8-9,16H,6-7H2,1-5H3,(H,14,17). The first-order chi connectivity index (χ1) is 9.49. The quantitative estimate of drug-likeness (QED) is 0.814. The molecule has 1 atom stereocenters. The molecule has 0 fully saturated rings. The highest BCUT2D eigenvalue weighted by molar-refractivity contribution is 7.88. The van der Waals surface area contributed by atoms with Gasteiger partial charge in [-0.05, 0) is 6.92 Å². The molecule has 120 valence electrons. The van der Waals surface area contributed by atoms with E-state index in [-0.39, 0.29) is 11.3 Å². The molecule has 0 spiro atoms. The van der Waals surface area contributed by atoms with E-state index in [0.29, 0.717) is 13.0 Å². The lowest BCUT2D eigenvalue weighted by Gasteiger charge is -2.14. The van der Waals surface area contributed by atoms with Crippen molar-refractivity contribution in [3.8, 4) is 0 Å². The summed E-state index contributed by atoms with van der Waals surface area (Å²) in [5, 5.41) is 5.70. The molecule has 0 aliphatic heterocycles. The van der Waals surface area contributed by atoms with E-state index < -0.39 is 16.1 Å². The number of hydrogen-bond donors (Lipinski definition) is 2. The molecule has 1 aromatic rings. The minimum absolute atomic E-state index is 0.0198. The van der Waals surface area contributed by atoms with Gasteiger partial charge in [0.2, 0.25) is 15.9 Å². The molecule has 1 unspecified atom stereocenters. The van der Waals surface area contributed by atoms with E-state index in [1.807, 2.05) is 5.38 Å². The number of aromatic nitrogens is 1. The zero-order valence-electron chi connectivity index (χ0n) is 13.1. The SMILES string of the molecule is CC(NS(C)(=O)=O)C(=O)NCCc1nc(C(C)(C)C)cs1. The highest BCUT2D eigenvalue weighted by Gasteiger charge is 2.18.